The number of anilines is 2. The Bertz CT molecular complexity index is 1140. The van der Waals surface area contributed by atoms with Crippen LogP contribution in [0.2, 0.25) is 10.0 Å². The van der Waals surface area contributed by atoms with Crippen LogP contribution in [0, 0.1) is 5.82 Å². The van der Waals surface area contributed by atoms with E-state index in [4.69, 9.17) is 23.2 Å². The van der Waals surface area contributed by atoms with Gasteiger partial charge in [-0.25, -0.2) is 9.37 Å². The minimum atomic E-state index is -1.37. The maximum absolute atomic E-state index is 13.1. The van der Waals surface area contributed by atoms with Gasteiger partial charge in [0.25, 0.3) is 0 Å². The molecule has 0 unspecified atom stereocenters. The first-order valence-electron chi connectivity index (χ1n) is 10.9. The number of aromatic nitrogens is 1. The Balaban J connectivity index is 1.28. The summed E-state index contributed by atoms with van der Waals surface area (Å²) >= 11 is 12.6. The van der Waals surface area contributed by atoms with Crippen LogP contribution in [0.4, 0.5) is 15.8 Å². The van der Waals surface area contributed by atoms with Crippen LogP contribution in [0.25, 0.3) is 10.9 Å². The summed E-state index contributed by atoms with van der Waals surface area (Å²) in [5.41, 5.74) is 1.79. The lowest BCUT2D eigenvalue weighted by Gasteiger charge is -2.36. The molecule has 1 aliphatic rings. The Morgan fingerprint density at radius 2 is 1.73 bits per heavy atom. The van der Waals surface area contributed by atoms with Gasteiger partial charge in [0.05, 0.1) is 27.2 Å². The molecule has 0 radical (unpaired) electrons. The van der Waals surface area contributed by atoms with Crippen LogP contribution in [0.5, 0.6) is 0 Å². The molecule has 1 N–H and O–H groups in total. The van der Waals surface area contributed by atoms with Crippen molar-refractivity contribution in [1.82, 2.24) is 9.88 Å². The molecule has 3 aromatic rings. The number of hydrogen-bond acceptors (Lipinski definition) is 6. The number of carboxylic acid groups (broad SMARTS) is 1. The molecule has 0 atom stereocenters. The second kappa shape index (κ2) is 10.5. The van der Waals surface area contributed by atoms with Crippen LogP contribution in [0.1, 0.15) is 23.3 Å². The van der Waals surface area contributed by atoms with E-state index >= 15 is 0 Å². The lowest BCUT2D eigenvalue weighted by Crippen LogP contribution is -2.46. The molecule has 0 bridgehead atoms. The minimum Gasteiger partial charge on any atom is -0.543 e. The highest BCUT2D eigenvalue weighted by atomic mass is 35.5. The van der Waals surface area contributed by atoms with E-state index in [1.807, 2.05) is 12.1 Å². The molecule has 1 saturated heterocycles. The first-order valence-corrected chi connectivity index (χ1v) is 11.6. The van der Waals surface area contributed by atoms with E-state index in [1.165, 1.54) is 18.2 Å². The van der Waals surface area contributed by atoms with Gasteiger partial charge in [0.15, 0.2) is 0 Å². The van der Waals surface area contributed by atoms with E-state index < -0.39 is 5.97 Å². The van der Waals surface area contributed by atoms with Crippen LogP contribution >= 0.6 is 23.2 Å². The summed E-state index contributed by atoms with van der Waals surface area (Å²) in [5, 5.41) is 16.0. The normalized spacial score (nSPS) is 14.6. The monoisotopic (exact) mass is 489 g/mol. The molecule has 1 fully saturated rings. The molecular formula is C24H24Cl2FN4O2-. The first kappa shape index (κ1) is 23.5. The van der Waals surface area contributed by atoms with Gasteiger partial charge < -0.3 is 20.1 Å². The Kier molecular flexibility index (Phi) is 7.53. The highest BCUT2D eigenvalue weighted by Crippen LogP contribution is 2.34. The van der Waals surface area contributed by atoms with Gasteiger partial charge in [-0.2, -0.15) is 0 Å². The zero-order valence-corrected chi connectivity index (χ0v) is 19.5. The number of pyridine rings is 1. The Hall–Kier alpha value is -2.61. The molecule has 1 aromatic heterocycles. The third kappa shape index (κ3) is 5.66. The summed E-state index contributed by atoms with van der Waals surface area (Å²) in [6, 6.07) is 11.3. The summed E-state index contributed by atoms with van der Waals surface area (Å²) in [6.45, 7) is 5.39. The molecule has 1 aliphatic heterocycles. The van der Waals surface area contributed by atoms with E-state index in [0.29, 0.717) is 33.2 Å². The highest BCUT2D eigenvalue weighted by Gasteiger charge is 2.17. The van der Waals surface area contributed by atoms with Gasteiger partial charge >= 0.3 is 0 Å². The molecule has 6 nitrogen and oxygen atoms in total. The molecule has 174 valence electrons. The molecule has 33 heavy (non-hydrogen) atoms. The number of aromatic carboxylic acids is 1. The van der Waals surface area contributed by atoms with Gasteiger partial charge in [-0.15, -0.1) is 0 Å². The number of rotatable bonds is 8. The van der Waals surface area contributed by atoms with Crippen molar-refractivity contribution >= 4 is 51.4 Å². The van der Waals surface area contributed by atoms with Crippen molar-refractivity contribution in [1.29, 1.82) is 0 Å². The molecule has 4 rings (SSSR count). The third-order valence-electron chi connectivity index (χ3n) is 5.85. The number of nitrogens with one attached hydrogen (secondary N) is 1. The molecule has 9 heteroatoms. The van der Waals surface area contributed by atoms with Gasteiger partial charge in [0.2, 0.25) is 0 Å². The topological polar surface area (TPSA) is 71.5 Å². The summed E-state index contributed by atoms with van der Waals surface area (Å²) in [7, 11) is 0. The number of fused-ring (bicyclic) bond motifs is 1. The smallest absolute Gasteiger partial charge is 0.123 e. The van der Waals surface area contributed by atoms with Crippen molar-refractivity contribution in [3.05, 3.63) is 64.0 Å². The van der Waals surface area contributed by atoms with Crippen molar-refractivity contribution in [3.8, 4) is 0 Å². The molecule has 0 saturated carbocycles. The fraction of sp³-hybridized carbons (Fsp3) is 0.333. The summed E-state index contributed by atoms with van der Waals surface area (Å²) in [5.74, 6) is -1.58. The number of hydrogen-bond donors (Lipinski definition) is 1. The Morgan fingerprint density at radius 3 is 2.42 bits per heavy atom. The number of halogens is 3. The van der Waals surface area contributed by atoms with Crippen molar-refractivity contribution in [2.75, 3.05) is 49.5 Å². The lowest BCUT2D eigenvalue weighted by molar-refractivity contribution is -0.255. The van der Waals surface area contributed by atoms with Crippen molar-refractivity contribution < 1.29 is 14.3 Å². The fourth-order valence-corrected chi connectivity index (χ4v) is 4.53. The van der Waals surface area contributed by atoms with E-state index in [2.05, 4.69) is 20.1 Å². The second-order valence-electron chi connectivity index (χ2n) is 8.03. The van der Waals surface area contributed by atoms with E-state index in [1.54, 1.807) is 12.1 Å². The number of carboxylic acids is 1. The van der Waals surface area contributed by atoms with Crippen LogP contribution < -0.4 is 15.3 Å². The molecule has 2 heterocycles. The average Bonchev–Trinajstić information content (AvgIpc) is 2.82. The zero-order valence-electron chi connectivity index (χ0n) is 18.0. The maximum Gasteiger partial charge on any atom is 0.123 e. The largest absolute Gasteiger partial charge is 0.543 e. The van der Waals surface area contributed by atoms with Gasteiger partial charge in [-0.05, 0) is 61.9 Å². The summed E-state index contributed by atoms with van der Waals surface area (Å²) in [6.07, 6.45) is 1.90. The van der Waals surface area contributed by atoms with Crippen LogP contribution in [-0.4, -0.2) is 55.1 Å². The van der Waals surface area contributed by atoms with E-state index in [-0.39, 0.29) is 11.5 Å². The predicted molar refractivity (Wildman–Crippen MR) is 129 cm³/mol. The number of benzene rings is 2. The molecular weight excluding hydrogens is 466 g/mol. The van der Waals surface area contributed by atoms with Crippen LogP contribution in [0.15, 0.2) is 42.5 Å². The average molecular weight is 490 g/mol. The minimum absolute atomic E-state index is 0.187. The number of unbranched alkanes of at least 4 members (excludes halogenated alkanes) is 1. The van der Waals surface area contributed by atoms with E-state index in [0.717, 1.165) is 51.3 Å². The number of nitrogens with zero attached hydrogens (tertiary/aromatic N) is 3. The van der Waals surface area contributed by atoms with Gasteiger partial charge in [0, 0.05) is 49.5 Å². The zero-order chi connectivity index (χ0) is 23.4. The van der Waals surface area contributed by atoms with Crippen LogP contribution in [-0.2, 0) is 0 Å². The third-order valence-corrected chi connectivity index (χ3v) is 6.47. The quantitative estimate of drug-likeness (QED) is 0.481. The maximum atomic E-state index is 13.1. The lowest BCUT2D eigenvalue weighted by atomic mass is 10.1. The van der Waals surface area contributed by atoms with Crippen molar-refractivity contribution in [3.63, 3.8) is 0 Å². The van der Waals surface area contributed by atoms with Crippen LogP contribution in [0.3, 0.4) is 0 Å². The number of carbonyl (C=O) groups excluding carboxylic acids is 1. The number of carbonyl (C=O) groups is 1. The molecule has 0 aliphatic carbocycles. The molecule has 0 amide bonds. The van der Waals surface area contributed by atoms with Crippen molar-refractivity contribution in [2.24, 2.45) is 0 Å². The second-order valence-corrected chi connectivity index (χ2v) is 8.85. The highest BCUT2D eigenvalue weighted by molar-refractivity contribution is 6.41. The van der Waals surface area contributed by atoms with Gasteiger partial charge in [-0.1, -0.05) is 23.2 Å². The SMILES string of the molecule is O=C([O-])c1cc(NCCCCN2CCN(c3ccc(F)cc3)CC2)c2c(Cl)ccc(Cl)c2n1. The van der Waals surface area contributed by atoms with Crippen molar-refractivity contribution in [2.45, 2.75) is 12.8 Å². The summed E-state index contributed by atoms with van der Waals surface area (Å²) in [4.78, 5) is 20.2. The number of piperazine rings is 1. The fourth-order valence-electron chi connectivity index (χ4n) is 4.08. The first-order chi connectivity index (χ1) is 15.9. The standard InChI is InChI=1S/C24H25Cl2FN4O2/c25-18-7-8-19(26)23-22(18)20(15-21(29-23)24(32)33)28-9-1-2-10-30-11-13-31(14-12-30)17-5-3-16(27)4-6-17/h3-8,15H,1-2,9-14H2,(H,28,29)(H,32,33)/p-1. The van der Waals surface area contributed by atoms with Gasteiger partial charge in [0.1, 0.15) is 5.82 Å². The molecule has 0 spiro atoms. The molecule has 2 aromatic carbocycles. The Morgan fingerprint density at radius 1 is 1.03 bits per heavy atom. The van der Waals surface area contributed by atoms with E-state index in [9.17, 15) is 14.3 Å². The summed E-state index contributed by atoms with van der Waals surface area (Å²) < 4.78 is 13.1. The van der Waals surface area contributed by atoms with Gasteiger partial charge in [-0.3, -0.25) is 4.90 Å². The predicted octanol–water partition coefficient (Wildman–Crippen LogP) is 4.06. The Labute approximate surface area is 201 Å².